The number of hydrogen-bond donors (Lipinski definition) is 0. The highest BCUT2D eigenvalue weighted by molar-refractivity contribution is 6.30. The molecule has 0 saturated heterocycles. The lowest BCUT2D eigenvalue weighted by atomic mass is 10.1. The van der Waals surface area contributed by atoms with Crippen LogP contribution in [0.4, 0.5) is 0 Å². The maximum absolute atomic E-state index is 12.6. The van der Waals surface area contributed by atoms with E-state index in [2.05, 4.69) is 0 Å². The molecular weight excluding hydrogens is 294 g/mol. The average Bonchev–Trinajstić information content (AvgIpc) is 2.98. The molecule has 2 nitrogen and oxygen atoms in total. The van der Waals surface area contributed by atoms with Gasteiger partial charge in [-0.1, -0.05) is 53.6 Å². The highest BCUT2D eigenvalue weighted by Gasteiger charge is 2.13. The molecule has 3 aromatic rings. The number of ketones is 1. The van der Waals surface area contributed by atoms with Gasteiger partial charge in [-0.2, -0.15) is 0 Å². The number of carbonyl (C=O) groups excluding carboxylic acids is 1. The third-order valence-electron chi connectivity index (χ3n) is 3.64. The van der Waals surface area contributed by atoms with Crippen molar-refractivity contribution in [2.24, 2.45) is 0 Å². The Morgan fingerprint density at radius 1 is 1.00 bits per heavy atom. The SMILES string of the molecule is Cc1ccc(C(=O)c2cccn2Cc2ccc(Cl)cc2)cc1. The van der Waals surface area contributed by atoms with Crippen LogP contribution in [-0.4, -0.2) is 10.4 Å². The minimum Gasteiger partial charge on any atom is -0.340 e. The largest absolute Gasteiger partial charge is 0.340 e. The minimum absolute atomic E-state index is 0.0407. The van der Waals surface area contributed by atoms with Crippen LogP contribution >= 0.6 is 11.6 Å². The molecular formula is C19H16ClNO. The predicted molar refractivity (Wildman–Crippen MR) is 89.6 cm³/mol. The maximum atomic E-state index is 12.6. The fourth-order valence-electron chi connectivity index (χ4n) is 2.40. The number of aryl methyl sites for hydroxylation is 1. The summed E-state index contributed by atoms with van der Waals surface area (Å²) in [7, 11) is 0. The van der Waals surface area contributed by atoms with Crippen LogP contribution in [0.1, 0.15) is 27.2 Å². The molecule has 0 atom stereocenters. The number of halogens is 1. The van der Waals surface area contributed by atoms with Gasteiger partial charge in [0.2, 0.25) is 5.78 Å². The van der Waals surface area contributed by atoms with Crippen LogP contribution in [0.3, 0.4) is 0 Å². The van der Waals surface area contributed by atoms with Gasteiger partial charge in [0, 0.05) is 23.3 Å². The van der Waals surface area contributed by atoms with Crippen molar-refractivity contribution in [3.8, 4) is 0 Å². The average molecular weight is 310 g/mol. The number of benzene rings is 2. The Kier molecular flexibility index (Phi) is 4.12. The van der Waals surface area contributed by atoms with Gasteiger partial charge in [-0.25, -0.2) is 0 Å². The van der Waals surface area contributed by atoms with E-state index in [1.165, 1.54) is 0 Å². The van der Waals surface area contributed by atoms with Crippen molar-refractivity contribution in [3.63, 3.8) is 0 Å². The molecule has 3 heteroatoms. The Labute approximate surface area is 135 Å². The molecule has 0 spiro atoms. The molecule has 110 valence electrons. The summed E-state index contributed by atoms with van der Waals surface area (Å²) in [5, 5.41) is 0.715. The number of carbonyl (C=O) groups is 1. The van der Waals surface area contributed by atoms with Crippen molar-refractivity contribution < 1.29 is 4.79 Å². The lowest BCUT2D eigenvalue weighted by Crippen LogP contribution is -2.10. The van der Waals surface area contributed by atoms with Gasteiger partial charge in [0.15, 0.2) is 0 Å². The second kappa shape index (κ2) is 6.20. The maximum Gasteiger partial charge on any atom is 0.209 e. The van der Waals surface area contributed by atoms with E-state index in [-0.39, 0.29) is 5.78 Å². The molecule has 0 bridgehead atoms. The number of nitrogens with zero attached hydrogens (tertiary/aromatic N) is 1. The van der Waals surface area contributed by atoms with Gasteiger partial charge in [0.05, 0.1) is 5.69 Å². The Morgan fingerprint density at radius 2 is 1.68 bits per heavy atom. The summed E-state index contributed by atoms with van der Waals surface area (Å²) in [5.41, 5.74) is 3.66. The summed E-state index contributed by atoms with van der Waals surface area (Å²) >= 11 is 5.91. The zero-order valence-electron chi connectivity index (χ0n) is 12.3. The summed E-state index contributed by atoms with van der Waals surface area (Å²) < 4.78 is 1.96. The summed E-state index contributed by atoms with van der Waals surface area (Å²) in [6.07, 6.45) is 1.93. The third kappa shape index (κ3) is 3.12. The van der Waals surface area contributed by atoms with E-state index in [1.54, 1.807) is 0 Å². The summed E-state index contributed by atoms with van der Waals surface area (Å²) in [6.45, 7) is 2.66. The number of hydrogen-bond acceptors (Lipinski definition) is 1. The Hall–Kier alpha value is -2.32. The fourth-order valence-corrected chi connectivity index (χ4v) is 2.52. The molecule has 2 aromatic carbocycles. The highest BCUT2D eigenvalue weighted by Crippen LogP contribution is 2.15. The van der Waals surface area contributed by atoms with E-state index in [9.17, 15) is 4.79 Å². The van der Waals surface area contributed by atoms with Gasteiger partial charge < -0.3 is 4.57 Å². The molecule has 0 radical (unpaired) electrons. The van der Waals surface area contributed by atoms with E-state index >= 15 is 0 Å². The molecule has 22 heavy (non-hydrogen) atoms. The summed E-state index contributed by atoms with van der Waals surface area (Å²) in [6, 6.07) is 19.1. The first-order valence-electron chi connectivity index (χ1n) is 7.14. The Morgan fingerprint density at radius 3 is 2.36 bits per heavy atom. The monoisotopic (exact) mass is 309 g/mol. The predicted octanol–water partition coefficient (Wildman–Crippen LogP) is 4.73. The Balaban J connectivity index is 1.86. The van der Waals surface area contributed by atoms with Crippen molar-refractivity contribution in [2.45, 2.75) is 13.5 Å². The second-order valence-electron chi connectivity index (χ2n) is 5.34. The quantitative estimate of drug-likeness (QED) is 0.639. The fraction of sp³-hybridized carbons (Fsp3) is 0.105. The van der Waals surface area contributed by atoms with Gasteiger partial charge in [0.25, 0.3) is 0 Å². The van der Waals surface area contributed by atoms with Gasteiger partial charge >= 0.3 is 0 Å². The van der Waals surface area contributed by atoms with E-state index in [0.717, 1.165) is 11.1 Å². The molecule has 0 saturated carbocycles. The van der Waals surface area contributed by atoms with E-state index in [0.29, 0.717) is 22.8 Å². The normalized spacial score (nSPS) is 10.6. The zero-order chi connectivity index (χ0) is 15.5. The lowest BCUT2D eigenvalue weighted by molar-refractivity contribution is 0.103. The number of aromatic nitrogens is 1. The molecule has 0 aliphatic rings. The molecule has 0 N–H and O–H groups in total. The van der Waals surface area contributed by atoms with Gasteiger partial charge in [-0.05, 0) is 36.8 Å². The smallest absolute Gasteiger partial charge is 0.209 e. The second-order valence-corrected chi connectivity index (χ2v) is 5.78. The molecule has 0 aliphatic heterocycles. The lowest BCUT2D eigenvalue weighted by Gasteiger charge is -2.09. The van der Waals surface area contributed by atoms with Crippen LogP contribution in [0.2, 0.25) is 5.02 Å². The van der Waals surface area contributed by atoms with Crippen LogP contribution < -0.4 is 0 Å². The van der Waals surface area contributed by atoms with Crippen LogP contribution in [0.25, 0.3) is 0 Å². The van der Waals surface area contributed by atoms with Gasteiger partial charge in [-0.15, -0.1) is 0 Å². The molecule has 1 aromatic heterocycles. The number of rotatable bonds is 4. The van der Waals surface area contributed by atoms with E-state index < -0.39 is 0 Å². The van der Waals surface area contributed by atoms with Crippen molar-refractivity contribution >= 4 is 17.4 Å². The van der Waals surface area contributed by atoms with Crippen LogP contribution in [0.15, 0.2) is 66.9 Å². The molecule has 3 rings (SSSR count). The van der Waals surface area contributed by atoms with Crippen molar-refractivity contribution in [1.82, 2.24) is 4.57 Å². The van der Waals surface area contributed by atoms with Crippen molar-refractivity contribution in [2.75, 3.05) is 0 Å². The van der Waals surface area contributed by atoms with E-state index in [1.807, 2.05) is 78.4 Å². The Bertz CT molecular complexity index is 785. The van der Waals surface area contributed by atoms with Crippen molar-refractivity contribution in [3.05, 3.63) is 94.3 Å². The first kappa shape index (κ1) is 14.6. The molecule has 0 fully saturated rings. The van der Waals surface area contributed by atoms with E-state index in [4.69, 9.17) is 11.6 Å². The standard InChI is InChI=1S/C19H16ClNO/c1-14-4-8-16(9-5-14)19(22)18-3-2-12-21(18)13-15-6-10-17(20)11-7-15/h2-12H,13H2,1H3. The zero-order valence-corrected chi connectivity index (χ0v) is 13.0. The molecule has 0 amide bonds. The molecule has 0 unspecified atom stereocenters. The summed E-state index contributed by atoms with van der Waals surface area (Å²) in [5.74, 6) is 0.0407. The first-order valence-corrected chi connectivity index (χ1v) is 7.52. The first-order chi connectivity index (χ1) is 10.6. The minimum atomic E-state index is 0.0407. The highest BCUT2D eigenvalue weighted by atomic mass is 35.5. The third-order valence-corrected chi connectivity index (χ3v) is 3.89. The van der Waals surface area contributed by atoms with Crippen molar-refractivity contribution in [1.29, 1.82) is 0 Å². The van der Waals surface area contributed by atoms with Crippen LogP contribution in [-0.2, 0) is 6.54 Å². The summed E-state index contributed by atoms with van der Waals surface area (Å²) in [4.78, 5) is 12.6. The van der Waals surface area contributed by atoms with Crippen LogP contribution in [0, 0.1) is 6.92 Å². The molecule has 0 aliphatic carbocycles. The molecule has 1 heterocycles. The topological polar surface area (TPSA) is 22.0 Å². The van der Waals surface area contributed by atoms with Gasteiger partial charge in [0.1, 0.15) is 0 Å². The van der Waals surface area contributed by atoms with Crippen LogP contribution in [0.5, 0.6) is 0 Å². The van der Waals surface area contributed by atoms with Gasteiger partial charge in [-0.3, -0.25) is 4.79 Å².